The number of ether oxygens (including phenoxy) is 4. The number of fused-ring (bicyclic) bond motifs is 1. The fourth-order valence-electron chi connectivity index (χ4n) is 4.43. The molecule has 14 heteroatoms. The summed E-state index contributed by atoms with van der Waals surface area (Å²) in [5.74, 6) is -0.00945. The van der Waals surface area contributed by atoms with Crippen molar-refractivity contribution in [1.82, 2.24) is 19.8 Å². The molecule has 2 unspecified atom stereocenters. The molecule has 3 aliphatic rings. The molecule has 0 radical (unpaired) electrons. The Bertz CT molecular complexity index is 1130. The Balaban J connectivity index is 0.970. The standard InChI is InChI=1S/C23H26F3N5O6/c24-23(25,26)37-18-5-3-16(4-6-18)35-17-7-10-29(11-8-17)9-1-2-19-21(36-19)27-15-12-30-13-20(31(32)33)28-22(30)34-14-15/h3-6,12-13,17,19,21,27H,1-2,7-11,14H2. The molecule has 0 aliphatic carbocycles. The van der Waals surface area contributed by atoms with Crippen LogP contribution in [0.2, 0.25) is 0 Å². The van der Waals surface area contributed by atoms with Crippen LogP contribution in [0.15, 0.2) is 36.2 Å². The number of epoxide rings is 1. The highest BCUT2D eigenvalue weighted by Crippen LogP contribution is 2.29. The zero-order valence-corrected chi connectivity index (χ0v) is 19.7. The Kier molecular flexibility index (Phi) is 7.11. The van der Waals surface area contributed by atoms with E-state index in [2.05, 4.69) is 19.9 Å². The highest BCUT2D eigenvalue weighted by Gasteiger charge is 2.39. The number of rotatable bonds is 10. The molecule has 0 bridgehead atoms. The first-order valence-corrected chi connectivity index (χ1v) is 12.0. The van der Waals surface area contributed by atoms with E-state index in [9.17, 15) is 23.3 Å². The van der Waals surface area contributed by atoms with Crippen LogP contribution in [-0.4, -0.2) is 70.4 Å². The number of nitrogens with zero attached hydrogens (tertiary/aromatic N) is 4. The predicted octanol–water partition coefficient (Wildman–Crippen LogP) is 3.52. The number of likely N-dealkylation sites (tertiary alicyclic amines) is 1. The molecule has 200 valence electrons. The van der Waals surface area contributed by atoms with Gasteiger partial charge in [0.2, 0.25) is 0 Å². The first kappa shape index (κ1) is 25.1. The Morgan fingerprint density at radius 1 is 1.19 bits per heavy atom. The van der Waals surface area contributed by atoms with Crippen LogP contribution in [-0.2, 0) is 4.74 Å². The van der Waals surface area contributed by atoms with Gasteiger partial charge in [0.1, 0.15) is 36.5 Å². The molecule has 1 aromatic heterocycles. The highest BCUT2D eigenvalue weighted by atomic mass is 19.4. The smallest absolute Gasteiger partial charge is 0.490 e. The molecule has 2 saturated heterocycles. The van der Waals surface area contributed by atoms with Gasteiger partial charge >= 0.3 is 18.2 Å². The topological polar surface area (TPSA) is 116 Å². The number of hydrogen-bond donors (Lipinski definition) is 1. The summed E-state index contributed by atoms with van der Waals surface area (Å²) in [7, 11) is 0. The monoisotopic (exact) mass is 525 g/mol. The lowest BCUT2D eigenvalue weighted by atomic mass is 10.1. The van der Waals surface area contributed by atoms with Gasteiger partial charge in [-0.05, 0) is 61.4 Å². The quantitative estimate of drug-likeness (QED) is 0.283. The van der Waals surface area contributed by atoms with Crippen molar-refractivity contribution in [2.45, 2.75) is 50.5 Å². The van der Waals surface area contributed by atoms with E-state index in [0.717, 1.165) is 51.0 Å². The third kappa shape index (κ3) is 6.83. The zero-order valence-electron chi connectivity index (χ0n) is 19.7. The van der Waals surface area contributed by atoms with Crippen molar-refractivity contribution in [3.05, 3.63) is 46.3 Å². The lowest BCUT2D eigenvalue weighted by Gasteiger charge is -2.32. The van der Waals surface area contributed by atoms with Crippen LogP contribution >= 0.6 is 0 Å². The van der Waals surface area contributed by atoms with Gasteiger partial charge in [0, 0.05) is 24.3 Å². The molecule has 2 fully saturated rings. The van der Waals surface area contributed by atoms with Crippen LogP contribution in [0, 0.1) is 10.1 Å². The largest absolute Gasteiger partial charge is 0.573 e. The van der Waals surface area contributed by atoms with E-state index in [1.54, 1.807) is 6.20 Å². The molecule has 0 amide bonds. The van der Waals surface area contributed by atoms with Gasteiger partial charge in [-0.3, -0.25) is 0 Å². The summed E-state index contributed by atoms with van der Waals surface area (Å²) in [5, 5.41) is 14.1. The van der Waals surface area contributed by atoms with Gasteiger partial charge in [0.25, 0.3) is 0 Å². The fourth-order valence-corrected chi connectivity index (χ4v) is 4.43. The van der Waals surface area contributed by atoms with E-state index in [0.29, 0.717) is 5.75 Å². The summed E-state index contributed by atoms with van der Waals surface area (Å²) in [4.78, 5) is 16.5. The number of hydrogen-bond acceptors (Lipinski definition) is 9. The SMILES string of the molecule is O=[N+]([O-])c1cn2c(n1)OCC(NC1OC1CCCN1CCC(Oc3ccc(OC(F)(F)F)cc3)CC1)=C2. The molecular formula is C23H26F3N5O6. The van der Waals surface area contributed by atoms with Gasteiger partial charge in [0.05, 0.1) is 5.70 Å². The Morgan fingerprint density at radius 3 is 2.62 bits per heavy atom. The van der Waals surface area contributed by atoms with Crippen molar-refractivity contribution < 1.29 is 37.0 Å². The average Bonchev–Trinajstić information content (AvgIpc) is 3.42. The summed E-state index contributed by atoms with van der Waals surface area (Å²) >= 11 is 0. The maximum atomic E-state index is 12.3. The molecule has 0 spiro atoms. The van der Waals surface area contributed by atoms with Crippen molar-refractivity contribution in [1.29, 1.82) is 0 Å². The van der Waals surface area contributed by atoms with Crippen LogP contribution in [0.4, 0.5) is 19.0 Å². The summed E-state index contributed by atoms with van der Waals surface area (Å²) < 4.78 is 59.3. The minimum atomic E-state index is -4.71. The van der Waals surface area contributed by atoms with Crippen molar-refractivity contribution >= 4 is 12.0 Å². The normalized spacial score (nSPS) is 22.0. The van der Waals surface area contributed by atoms with Crippen LogP contribution in [0.25, 0.3) is 6.20 Å². The van der Waals surface area contributed by atoms with Gasteiger partial charge in [-0.15, -0.1) is 13.2 Å². The van der Waals surface area contributed by atoms with Crippen molar-refractivity contribution in [3.8, 4) is 17.5 Å². The van der Waals surface area contributed by atoms with E-state index >= 15 is 0 Å². The molecule has 2 atom stereocenters. The molecule has 11 nitrogen and oxygen atoms in total. The van der Waals surface area contributed by atoms with Gasteiger partial charge in [-0.1, -0.05) is 0 Å². The first-order chi connectivity index (χ1) is 17.7. The molecule has 1 aromatic carbocycles. The van der Waals surface area contributed by atoms with Crippen LogP contribution in [0.5, 0.6) is 17.5 Å². The third-order valence-electron chi connectivity index (χ3n) is 6.29. The number of nitro groups is 1. The maximum absolute atomic E-state index is 12.3. The van der Waals surface area contributed by atoms with E-state index in [4.69, 9.17) is 14.2 Å². The summed E-state index contributed by atoms with van der Waals surface area (Å²) in [6.45, 7) is 2.95. The number of halogens is 3. The predicted molar refractivity (Wildman–Crippen MR) is 123 cm³/mol. The first-order valence-electron chi connectivity index (χ1n) is 12.0. The van der Waals surface area contributed by atoms with Gasteiger partial charge in [0.15, 0.2) is 6.23 Å². The van der Waals surface area contributed by atoms with E-state index in [1.165, 1.54) is 35.0 Å². The number of nitrogens with one attached hydrogen (secondary N) is 1. The number of imidazole rings is 1. The van der Waals surface area contributed by atoms with Gasteiger partial charge < -0.3 is 39.3 Å². The molecule has 1 N–H and O–H groups in total. The van der Waals surface area contributed by atoms with Crippen molar-refractivity contribution in [3.63, 3.8) is 0 Å². The Morgan fingerprint density at radius 2 is 1.92 bits per heavy atom. The third-order valence-corrected chi connectivity index (χ3v) is 6.29. The number of aromatic nitrogens is 2. The molecule has 5 rings (SSSR count). The second-order valence-electron chi connectivity index (χ2n) is 9.05. The maximum Gasteiger partial charge on any atom is 0.573 e. The molecular weight excluding hydrogens is 499 g/mol. The lowest BCUT2D eigenvalue weighted by molar-refractivity contribution is -0.389. The van der Waals surface area contributed by atoms with Crippen molar-refractivity contribution in [2.24, 2.45) is 0 Å². The van der Waals surface area contributed by atoms with E-state index < -0.39 is 11.3 Å². The Labute approximate surface area is 209 Å². The number of benzene rings is 1. The number of piperidine rings is 1. The van der Waals surface area contributed by atoms with Crippen LogP contribution < -0.4 is 19.5 Å². The number of alkyl halides is 3. The molecule has 2 aromatic rings. The second kappa shape index (κ2) is 10.5. The van der Waals surface area contributed by atoms with E-state index in [1.807, 2.05) is 0 Å². The van der Waals surface area contributed by atoms with Crippen molar-refractivity contribution in [2.75, 3.05) is 26.2 Å². The zero-order chi connectivity index (χ0) is 26.0. The molecule has 4 heterocycles. The molecule has 0 saturated carbocycles. The van der Waals surface area contributed by atoms with Gasteiger partial charge in [-0.2, -0.15) is 0 Å². The minimum absolute atomic E-state index is 0.0226. The van der Waals surface area contributed by atoms with E-state index in [-0.39, 0.29) is 42.6 Å². The fraction of sp³-hybridized carbons (Fsp3) is 0.522. The van der Waals surface area contributed by atoms with Crippen LogP contribution in [0.3, 0.4) is 0 Å². The average molecular weight is 525 g/mol. The minimum Gasteiger partial charge on any atom is -0.490 e. The summed E-state index contributed by atoms with van der Waals surface area (Å²) in [6, 6.07) is 5.66. The lowest BCUT2D eigenvalue weighted by Crippen LogP contribution is -2.38. The van der Waals surface area contributed by atoms with Crippen LogP contribution in [0.1, 0.15) is 25.7 Å². The van der Waals surface area contributed by atoms with Gasteiger partial charge in [-0.25, -0.2) is 4.57 Å². The Hall–Kier alpha value is -3.52. The molecule has 3 aliphatic heterocycles. The highest BCUT2D eigenvalue weighted by molar-refractivity contribution is 5.40. The molecule has 37 heavy (non-hydrogen) atoms. The second-order valence-corrected chi connectivity index (χ2v) is 9.05. The summed E-state index contributed by atoms with van der Waals surface area (Å²) in [6.07, 6.45) is 1.88. The summed E-state index contributed by atoms with van der Waals surface area (Å²) in [5.41, 5.74) is 0.761.